The standard InChI is InChI=1S/C13H14N2O/c1-2-10-5-3-4-6-12(10)16-11-7-8-15-13(14)9-11/h3-9H,2H2,1H3,(H2,14,15). The number of nitrogen functional groups attached to an aromatic ring is 1. The summed E-state index contributed by atoms with van der Waals surface area (Å²) in [4.78, 5) is 3.92. The maximum atomic E-state index is 5.76. The molecule has 2 N–H and O–H groups in total. The minimum Gasteiger partial charge on any atom is -0.457 e. The number of rotatable bonds is 3. The van der Waals surface area contributed by atoms with Crippen LogP contribution < -0.4 is 10.5 Å². The first-order valence-corrected chi connectivity index (χ1v) is 5.27. The largest absolute Gasteiger partial charge is 0.457 e. The lowest BCUT2D eigenvalue weighted by atomic mass is 10.1. The highest BCUT2D eigenvalue weighted by Crippen LogP contribution is 2.25. The summed E-state index contributed by atoms with van der Waals surface area (Å²) in [7, 11) is 0. The Kier molecular flexibility index (Phi) is 3.05. The van der Waals surface area contributed by atoms with E-state index in [4.69, 9.17) is 10.5 Å². The number of nitrogens with zero attached hydrogens (tertiary/aromatic N) is 1. The number of ether oxygens (including phenoxy) is 1. The van der Waals surface area contributed by atoms with Crippen LogP contribution in [-0.4, -0.2) is 4.98 Å². The van der Waals surface area contributed by atoms with E-state index in [2.05, 4.69) is 18.0 Å². The Hall–Kier alpha value is -2.03. The van der Waals surface area contributed by atoms with Crippen molar-refractivity contribution in [2.75, 3.05) is 5.73 Å². The third kappa shape index (κ3) is 2.31. The topological polar surface area (TPSA) is 48.1 Å². The summed E-state index contributed by atoms with van der Waals surface area (Å²) in [5.74, 6) is 2.05. The zero-order valence-corrected chi connectivity index (χ0v) is 9.18. The van der Waals surface area contributed by atoms with Gasteiger partial charge in [-0.25, -0.2) is 4.98 Å². The molecule has 0 aliphatic heterocycles. The zero-order valence-electron chi connectivity index (χ0n) is 9.18. The van der Waals surface area contributed by atoms with Gasteiger partial charge in [0.05, 0.1) is 0 Å². The molecule has 0 bridgehead atoms. The summed E-state index contributed by atoms with van der Waals surface area (Å²) in [6.07, 6.45) is 2.58. The second-order valence-corrected chi connectivity index (χ2v) is 3.48. The predicted molar refractivity (Wildman–Crippen MR) is 64.5 cm³/mol. The molecule has 1 heterocycles. The highest BCUT2D eigenvalue weighted by Gasteiger charge is 2.02. The quantitative estimate of drug-likeness (QED) is 0.854. The van der Waals surface area contributed by atoms with Crippen LogP contribution in [0.5, 0.6) is 11.5 Å². The second-order valence-electron chi connectivity index (χ2n) is 3.48. The Morgan fingerprint density at radius 1 is 1.25 bits per heavy atom. The Morgan fingerprint density at radius 2 is 2.06 bits per heavy atom. The minimum absolute atomic E-state index is 0.464. The van der Waals surface area contributed by atoms with E-state index in [1.807, 2.05) is 18.2 Å². The number of nitrogens with two attached hydrogens (primary N) is 1. The minimum atomic E-state index is 0.464. The first-order chi connectivity index (χ1) is 7.79. The van der Waals surface area contributed by atoms with Crippen LogP contribution >= 0.6 is 0 Å². The lowest BCUT2D eigenvalue weighted by Crippen LogP contribution is -1.93. The fourth-order valence-corrected chi connectivity index (χ4v) is 1.51. The van der Waals surface area contributed by atoms with Crippen LogP contribution in [0.1, 0.15) is 12.5 Å². The maximum absolute atomic E-state index is 5.76. The van der Waals surface area contributed by atoms with E-state index in [0.29, 0.717) is 11.6 Å². The van der Waals surface area contributed by atoms with Crippen LogP contribution in [-0.2, 0) is 6.42 Å². The van der Waals surface area contributed by atoms with Gasteiger partial charge in [-0.2, -0.15) is 0 Å². The Balaban J connectivity index is 2.26. The number of aromatic nitrogens is 1. The molecule has 0 saturated carbocycles. The summed E-state index contributed by atoms with van der Waals surface area (Å²) in [5.41, 5.74) is 6.77. The van der Waals surface area contributed by atoms with Crippen LogP contribution in [0.2, 0.25) is 0 Å². The molecular weight excluding hydrogens is 200 g/mol. The Labute approximate surface area is 94.9 Å². The zero-order chi connectivity index (χ0) is 11.4. The molecule has 3 nitrogen and oxygen atoms in total. The lowest BCUT2D eigenvalue weighted by molar-refractivity contribution is 0.476. The van der Waals surface area contributed by atoms with E-state index in [1.165, 1.54) is 5.56 Å². The molecule has 0 aliphatic rings. The van der Waals surface area contributed by atoms with E-state index < -0.39 is 0 Å². The van der Waals surface area contributed by atoms with Gasteiger partial charge < -0.3 is 10.5 Å². The number of aryl methyl sites for hydroxylation is 1. The average molecular weight is 214 g/mol. The van der Waals surface area contributed by atoms with Gasteiger partial charge in [0, 0.05) is 12.3 Å². The van der Waals surface area contributed by atoms with Gasteiger partial charge in [0.2, 0.25) is 0 Å². The van der Waals surface area contributed by atoms with Crippen LogP contribution in [0.15, 0.2) is 42.6 Å². The van der Waals surface area contributed by atoms with Gasteiger partial charge in [0.1, 0.15) is 17.3 Å². The number of hydrogen-bond acceptors (Lipinski definition) is 3. The van der Waals surface area contributed by atoms with Crippen molar-refractivity contribution >= 4 is 5.82 Å². The van der Waals surface area contributed by atoms with Crippen molar-refractivity contribution in [3.8, 4) is 11.5 Å². The Morgan fingerprint density at radius 3 is 2.81 bits per heavy atom. The molecule has 1 aromatic heterocycles. The summed E-state index contributed by atoms with van der Waals surface area (Å²) < 4.78 is 5.76. The molecule has 0 spiro atoms. The molecule has 0 radical (unpaired) electrons. The molecule has 16 heavy (non-hydrogen) atoms. The first-order valence-electron chi connectivity index (χ1n) is 5.27. The molecule has 2 aromatic rings. The monoisotopic (exact) mass is 214 g/mol. The van der Waals surface area contributed by atoms with Crippen molar-refractivity contribution in [2.45, 2.75) is 13.3 Å². The summed E-state index contributed by atoms with van der Waals surface area (Å²) in [6.45, 7) is 2.10. The third-order valence-corrected chi connectivity index (χ3v) is 2.33. The molecule has 2 rings (SSSR count). The van der Waals surface area contributed by atoms with Gasteiger partial charge in [-0.05, 0) is 24.1 Å². The highest BCUT2D eigenvalue weighted by atomic mass is 16.5. The van der Waals surface area contributed by atoms with E-state index in [0.717, 1.165) is 12.2 Å². The van der Waals surface area contributed by atoms with Crippen molar-refractivity contribution in [2.24, 2.45) is 0 Å². The number of pyridine rings is 1. The SMILES string of the molecule is CCc1ccccc1Oc1ccnc(N)c1. The van der Waals surface area contributed by atoms with Crippen LogP contribution in [0.25, 0.3) is 0 Å². The van der Waals surface area contributed by atoms with Crippen LogP contribution in [0, 0.1) is 0 Å². The molecule has 0 aliphatic carbocycles. The number of benzene rings is 1. The lowest BCUT2D eigenvalue weighted by Gasteiger charge is -2.09. The summed E-state index contributed by atoms with van der Waals surface area (Å²) in [6, 6.07) is 11.5. The molecule has 0 atom stereocenters. The number of para-hydroxylation sites is 1. The van der Waals surface area contributed by atoms with Crippen molar-refractivity contribution < 1.29 is 4.74 Å². The Bertz CT molecular complexity index is 483. The van der Waals surface area contributed by atoms with E-state index in [-0.39, 0.29) is 0 Å². The molecule has 82 valence electrons. The van der Waals surface area contributed by atoms with E-state index >= 15 is 0 Å². The fourth-order valence-electron chi connectivity index (χ4n) is 1.51. The predicted octanol–water partition coefficient (Wildman–Crippen LogP) is 3.02. The van der Waals surface area contributed by atoms with Crippen LogP contribution in [0.4, 0.5) is 5.82 Å². The van der Waals surface area contributed by atoms with Crippen molar-refractivity contribution in [3.05, 3.63) is 48.2 Å². The van der Waals surface area contributed by atoms with E-state index in [1.54, 1.807) is 18.3 Å². The highest BCUT2D eigenvalue weighted by molar-refractivity contribution is 5.41. The van der Waals surface area contributed by atoms with Gasteiger partial charge >= 0.3 is 0 Å². The molecular formula is C13H14N2O. The summed E-state index contributed by atoms with van der Waals surface area (Å²) in [5, 5.41) is 0. The third-order valence-electron chi connectivity index (χ3n) is 2.33. The van der Waals surface area contributed by atoms with Gasteiger partial charge in [0.25, 0.3) is 0 Å². The van der Waals surface area contributed by atoms with Crippen LogP contribution in [0.3, 0.4) is 0 Å². The second kappa shape index (κ2) is 4.66. The summed E-state index contributed by atoms with van der Waals surface area (Å²) >= 11 is 0. The molecule has 0 saturated heterocycles. The molecule has 3 heteroatoms. The smallest absolute Gasteiger partial charge is 0.132 e. The normalized spacial score (nSPS) is 10.1. The van der Waals surface area contributed by atoms with Gasteiger partial charge in [-0.1, -0.05) is 25.1 Å². The van der Waals surface area contributed by atoms with Gasteiger partial charge in [-0.3, -0.25) is 0 Å². The van der Waals surface area contributed by atoms with E-state index in [9.17, 15) is 0 Å². The fraction of sp³-hybridized carbons (Fsp3) is 0.154. The maximum Gasteiger partial charge on any atom is 0.132 e. The van der Waals surface area contributed by atoms with Gasteiger partial charge in [0.15, 0.2) is 0 Å². The number of hydrogen-bond donors (Lipinski definition) is 1. The average Bonchev–Trinajstić information content (AvgIpc) is 2.30. The molecule has 0 unspecified atom stereocenters. The van der Waals surface area contributed by atoms with Gasteiger partial charge in [-0.15, -0.1) is 0 Å². The molecule has 1 aromatic carbocycles. The first kappa shape index (κ1) is 10.5. The van der Waals surface area contributed by atoms with Crippen molar-refractivity contribution in [1.29, 1.82) is 0 Å². The molecule has 0 fully saturated rings. The van der Waals surface area contributed by atoms with Crippen molar-refractivity contribution in [3.63, 3.8) is 0 Å². The van der Waals surface area contributed by atoms with Crippen molar-refractivity contribution in [1.82, 2.24) is 4.98 Å². The molecule has 0 amide bonds. The number of anilines is 1.